The van der Waals surface area contributed by atoms with Crippen LogP contribution in [0.4, 0.5) is 0 Å². The van der Waals surface area contributed by atoms with E-state index in [9.17, 15) is 13.2 Å². The number of aromatic nitrogens is 2. The van der Waals surface area contributed by atoms with Crippen LogP contribution in [-0.4, -0.2) is 24.1 Å². The summed E-state index contributed by atoms with van der Waals surface area (Å²) in [7, 11) is -3.85. The maximum absolute atomic E-state index is 11.9. The highest BCUT2D eigenvalue weighted by Gasteiger charge is 2.19. The first kappa shape index (κ1) is 13.3. The monoisotopic (exact) mass is 279 g/mol. The van der Waals surface area contributed by atoms with Crippen LogP contribution in [0.5, 0.6) is 0 Å². The van der Waals surface area contributed by atoms with E-state index in [0.717, 1.165) is 0 Å². The zero-order chi connectivity index (χ0) is 13.9. The second-order valence-electron chi connectivity index (χ2n) is 3.80. The van der Waals surface area contributed by atoms with Crippen molar-refractivity contribution < 1.29 is 13.2 Å². The number of benzene rings is 1. The first-order chi connectivity index (χ1) is 9.03. The van der Waals surface area contributed by atoms with E-state index in [1.807, 2.05) is 11.6 Å². The zero-order valence-corrected chi connectivity index (χ0v) is 11.1. The summed E-state index contributed by atoms with van der Waals surface area (Å²) >= 11 is 0. The van der Waals surface area contributed by atoms with Gasteiger partial charge in [0.15, 0.2) is 5.69 Å². The van der Waals surface area contributed by atoms with Crippen LogP contribution < -0.4 is 4.72 Å². The fourth-order valence-electron chi connectivity index (χ4n) is 1.49. The molecular formula is C12H13N3O3S. The van der Waals surface area contributed by atoms with Gasteiger partial charge in [0.1, 0.15) is 0 Å². The number of carbonyl (C=O) groups is 1. The molecule has 0 saturated heterocycles. The molecule has 7 heteroatoms. The van der Waals surface area contributed by atoms with Gasteiger partial charge in [-0.25, -0.2) is 13.1 Å². The molecule has 0 aliphatic heterocycles. The molecule has 2 rings (SSSR count). The topological polar surface area (TPSA) is 81.1 Å². The lowest BCUT2D eigenvalue weighted by atomic mass is 10.4. The molecule has 100 valence electrons. The Labute approximate surface area is 111 Å². The predicted octanol–water partition coefficient (Wildman–Crippen LogP) is 1.02. The number of aryl methyl sites for hydroxylation is 1. The lowest BCUT2D eigenvalue weighted by Crippen LogP contribution is -2.31. The second-order valence-corrected chi connectivity index (χ2v) is 5.49. The van der Waals surface area contributed by atoms with E-state index in [0.29, 0.717) is 6.54 Å². The number of rotatable bonds is 4. The molecule has 0 saturated carbocycles. The van der Waals surface area contributed by atoms with Gasteiger partial charge in [-0.3, -0.25) is 9.48 Å². The summed E-state index contributed by atoms with van der Waals surface area (Å²) in [6, 6.07) is 9.18. The Balaban J connectivity index is 2.19. The van der Waals surface area contributed by atoms with Gasteiger partial charge in [-0.05, 0) is 25.1 Å². The highest BCUT2D eigenvalue weighted by atomic mass is 32.2. The Hall–Kier alpha value is -2.15. The average molecular weight is 279 g/mol. The molecule has 1 N–H and O–H groups in total. The third kappa shape index (κ3) is 3.00. The van der Waals surface area contributed by atoms with Crippen LogP contribution in [0.25, 0.3) is 0 Å². The third-order valence-corrected chi connectivity index (χ3v) is 3.82. The molecule has 0 radical (unpaired) electrons. The molecule has 0 bridgehead atoms. The Morgan fingerprint density at radius 3 is 2.53 bits per heavy atom. The smallest absolute Gasteiger partial charge is 0.272 e. The van der Waals surface area contributed by atoms with Crippen molar-refractivity contribution in [1.82, 2.24) is 14.5 Å². The van der Waals surface area contributed by atoms with Gasteiger partial charge in [-0.2, -0.15) is 5.10 Å². The Morgan fingerprint density at radius 2 is 1.95 bits per heavy atom. The minimum atomic E-state index is -3.85. The molecule has 0 aliphatic carbocycles. The summed E-state index contributed by atoms with van der Waals surface area (Å²) < 4.78 is 27.4. The number of nitrogens with zero attached hydrogens (tertiary/aromatic N) is 2. The third-order valence-electron chi connectivity index (χ3n) is 2.48. The first-order valence-corrected chi connectivity index (χ1v) is 7.17. The minimum absolute atomic E-state index is 0.0401. The van der Waals surface area contributed by atoms with E-state index < -0.39 is 15.9 Å². The van der Waals surface area contributed by atoms with Crippen molar-refractivity contribution >= 4 is 15.9 Å². The molecule has 0 unspecified atom stereocenters. The quantitative estimate of drug-likeness (QED) is 0.906. The Kier molecular flexibility index (Phi) is 3.66. The number of sulfonamides is 1. The normalized spacial score (nSPS) is 11.2. The van der Waals surface area contributed by atoms with Gasteiger partial charge < -0.3 is 0 Å². The molecular weight excluding hydrogens is 266 g/mol. The van der Waals surface area contributed by atoms with Gasteiger partial charge in [0.2, 0.25) is 0 Å². The van der Waals surface area contributed by atoms with E-state index in [4.69, 9.17) is 0 Å². The molecule has 19 heavy (non-hydrogen) atoms. The molecule has 1 amide bonds. The van der Waals surface area contributed by atoms with Crippen LogP contribution in [0.2, 0.25) is 0 Å². The highest BCUT2D eigenvalue weighted by Crippen LogP contribution is 2.08. The van der Waals surface area contributed by atoms with Crippen LogP contribution >= 0.6 is 0 Å². The standard InChI is InChI=1S/C12H13N3O3S/c1-2-15-9-8-11(13-15)12(16)14-19(17,18)10-6-4-3-5-7-10/h3-9H,2H2,1H3,(H,14,16). The highest BCUT2D eigenvalue weighted by molar-refractivity contribution is 7.90. The van der Waals surface area contributed by atoms with Gasteiger partial charge in [0.25, 0.3) is 15.9 Å². The summed E-state index contributed by atoms with van der Waals surface area (Å²) in [5.74, 6) is -0.740. The largest absolute Gasteiger partial charge is 0.285 e. The number of amides is 1. The molecule has 1 aromatic heterocycles. The van der Waals surface area contributed by atoms with Crippen molar-refractivity contribution in [3.05, 3.63) is 48.3 Å². The average Bonchev–Trinajstić information content (AvgIpc) is 2.88. The van der Waals surface area contributed by atoms with Gasteiger partial charge >= 0.3 is 0 Å². The van der Waals surface area contributed by atoms with E-state index in [-0.39, 0.29) is 10.6 Å². The summed E-state index contributed by atoms with van der Waals surface area (Å²) in [6.07, 6.45) is 1.62. The van der Waals surface area contributed by atoms with Crippen molar-refractivity contribution in [2.75, 3.05) is 0 Å². The van der Waals surface area contributed by atoms with Crippen LogP contribution in [0, 0.1) is 0 Å². The van der Waals surface area contributed by atoms with E-state index in [1.54, 1.807) is 29.1 Å². The molecule has 1 aromatic carbocycles. The molecule has 2 aromatic rings. The zero-order valence-electron chi connectivity index (χ0n) is 10.3. The van der Waals surface area contributed by atoms with Crippen LogP contribution in [-0.2, 0) is 16.6 Å². The Bertz CT molecular complexity index is 677. The number of carbonyl (C=O) groups excluding carboxylic acids is 1. The molecule has 0 spiro atoms. The minimum Gasteiger partial charge on any atom is -0.272 e. The fourth-order valence-corrected chi connectivity index (χ4v) is 2.47. The van der Waals surface area contributed by atoms with Crippen molar-refractivity contribution in [3.8, 4) is 0 Å². The maximum atomic E-state index is 11.9. The second kappa shape index (κ2) is 5.23. The molecule has 6 nitrogen and oxygen atoms in total. The van der Waals surface area contributed by atoms with Gasteiger partial charge in [0, 0.05) is 12.7 Å². The van der Waals surface area contributed by atoms with Crippen molar-refractivity contribution in [2.45, 2.75) is 18.4 Å². The predicted molar refractivity (Wildman–Crippen MR) is 69.0 cm³/mol. The molecule has 0 atom stereocenters. The van der Waals surface area contributed by atoms with E-state index >= 15 is 0 Å². The van der Waals surface area contributed by atoms with Gasteiger partial charge in [-0.1, -0.05) is 18.2 Å². The summed E-state index contributed by atoms with van der Waals surface area (Å²) in [5.41, 5.74) is 0.0707. The summed E-state index contributed by atoms with van der Waals surface area (Å²) in [6.45, 7) is 2.48. The summed E-state index contributed by atoms with van der Waals surface area (Å²) in [5, 5.41) is 3.95. The van der Waals surface area contributed by atoms with Crippen molar-refractivity contribution in [3.63, 3.8) is 0 Å². The number of hydrogen-bond donors (Lipinski definition) is 1. The lowest BCUT2D eigenvalue weighted by molar-refractivity contribution is 0.0975. The van der Waals surface area contributed by atoms with Crippen LogP contribution in [0.3, 0.4) is 0 Å². The van der Waals surface area contributed by atoms with Crippen LogP contribution in [0.1, 0.15) is 17.4 Å². The van der Waals surface area contributed by atoms with Crippen LogP contribution in [0.15, 0.2) is 47.5 Å². The first-order valence-electron chi connectivity index (χ1n) is 5.68. The maximum Gasteiger partial charge on any atom is 0.285 e. The van der Waals surface area contributed by atoms with E-state index in [2.05, 4.69) is 5.10 Å². The lowest BCUT2D eigenvalue weighted by Gasteiger charge is -2.04. The summed E-state index contributed by atoms with van der Waals surface area (Å²) in [4.78, 5) is 11.8. The number of nitrogens with one attached hydrogen (secondary N) is 1. The van der Waals surface area contributed by atoms with Crippen molar-refractivity contribution in [2.24, 2.45) is 0 Å². The number of hydrogen-bond acceptors (Lipinski definition) is 4. The van der Waals surface area contributed by atoms with E-state index in [1.165, 1.54) is 18.2 Å². The van der Waals surface area contributed by atoms with Crippen molar-refractivity contribution in [1.29, 1.82) is 0 Å². The molecule has 0 fully saturated rings. The fraction of sp³-hybridized carbons (Fsp3) is 0.167. The Morgan fingerprint density at radius 1 is 1.26 bits per heavy atom. The molecule has 0 aliphatic rings. The molecule has 1 heterocycles. The van der Waals surface area contributed by atoms with Gasteiger partial charge in [0.05, 0.1) is 4.90 Å². The SMILES string of the molecule is CCn1ccc(C(=O)NS(=O)(=O)c2ccccc2)n1. The van der Waals surface area contributed by atoms with Gasteiger partial charge in [-0.15, -0.1) is 0 Å².